The first kappa shape index (κ1) is 9.98. The molecule has 1 heterocycles. The van der Waals surface area contributed by atoms with Crippen molar-refractivity contribution in [1.82, 2.24) is 4.98 Å². The van der Waals surface area contributed by atoms with Crippen molar-refractivity contribution < 1.29 is 9.47 Å². The van der Waals surface area contributed by atoms with Gasteiger partial charge in [0.2, 0.25) is 11.8 Å². The Morgan fingerprint density at radius 1 is 1.31 bits per heavy atom. The van der Waals surface area contributed by atoms with E-state index in [-0.39, 0.29) is 0 Å². The molecule has 0 fully saturated rings. The van der Waals surface area contributed by atoms with Gasteiger partial charge in [0.05, 0.1) is 24.8 Å². The number of anilines is 1. The van der Waals surface area contributed by atoms with Crippen LogP contribution in [0, 0.1) is 0 Å². The summed E-state index contributed by atoms with van der Waals surface area (Å²) in [7, 11) is 3.09. The summed E-state index contributed by atoms with van der Waals surface area (Å²) in [4.78, 5) is 4.99. The van der Waals surface area contributed by atoms with Gasteiger partial charge in [0, 0.05) is 0 Å². The molecule has 72 valence electrons. The summed E-state index contributed by atoms with van der Waals surface area (Å²) < 4.78 is 10.0. The van der Waals surface area contributed by atoms with Crippen molar-refractivity contribution in [2.45, 2.75) is 4.90 Å². The van der Waals surface area contributed by atoms with Crippen LogP contribution in [0.2, 0.25) is 0 Å². The number of nitrogens with two attached hydrogens (primary N) is 1. The predicted octanol–water partition coefficient (Wildman–Crippen LogP) is 1.40. The Bertz CT molecular complexity index is 304. The quantitative estimate of drug-likeness (QED) is 0.747. The fraction of sp³-hybridized carbons (Fsp3) is 0.375. The van der Waals surface area contributed by atoms with E-state index in [0.29, 0.717) is 17.4 Å². The van der Waals surface area contributed by atoms with Crippen molar-refractivity contribution in [3.05, 3.63) is 6.07 Å². The summed E-state index contributed by atoms with van der Waals surface area (Å²) in [6, 6.07) is 1.79. The van der Waals surface area contributed by atoms with Crippen LogP contribution >= 0.6 is 11.8 Å². The number of rotatable bonds is 3. The van der Waals surface area contributed by atoms with Crippen molar-refractivity contribution in [2.24, 2.45) is 0 Å². The lowest BCUT2D eigenvalue weighted by molar-refractivity contribution is 0.359. The Morgan fingerprint density at radius 2 is 1.92 bits per heavy atom. The summed E-state index contributed by atoms with van der Waals surface area (Å²) in [6.07, 6.45) is 1.94. The maximum atomic E-state index is 5.67. The highest BCUT2D eigenvalue weighted by Crippen LogP contribution is 2.32. The lowest BCUT2D eigenvalue weighted by Crippen LogP contribution is -1.99. The molecule has 0 aliphatic carbocycles. The zero-order chi connectivity index (χ0) is 9.84. The van der Waals surface area contributed by atoms with Gasteiger partial charge in [-0.2, -0.15) is 4.98 Å². The zero-order valence-electron chi connectivity index (χ0n) is 7.83. The minimum absolute atomic E-state index is 0.398. The van der Waals surface area contributed by atoms with Gasteiger partial charge in [0.1, 0.15) is 0 Å². The molecule has 0 saturated heterocycles. The van der Waals surface area contributed by atoms with Crippen LogP contribution in [-0.4, -0.2) is 25.5 Å². The van der Waals surface area contributed by atoms with Crippen molar-refractivity contribution in [3.8, 4) is 11.8 Å². The van der Waals surface area contributed by atoms with Crippen LogP contribution < -0.4 is 15.2 Å². The van der Waals surface area contributed by atoms with E-state index in [1.807, 2.05) is 6.26 Å². The standard InChI is InChI=1S/C8H12N2O2S/c1-11-7-5(9)4-6(13-3)8(10-7)12-2/h4H,9H2,1-3H3. The van der Waals surface area contributed by atoms with Gasteiger partial charge in [-0.05, 0) is 12.3 Å². The van der Waals surface area contributed by atoms with E-state index < -0.39 is 0 Å². The molecule has 0 aliphatic rings. The summed E-state index contributed by atoms with van der Waals surface area (Å²) >= 11 is 1.53. The van der Waals surface area contributed by atoms with Crippen LogP contribution in [0.15, 0.2) is 11.0 Å². The van der Waals surface area contributed by atoms with Crippen LogP contribution in [0.5, 0.6) is 11.8 Å². The summed E-state index contributed by atoms with van der Waals surface area (Å²) in [5.41, 5.74) is 6.20. The fourth-order valence-corrected chi connectivity index (χ4v) is 1.48. The van der Waals surface area contributed by atoms with Gasteiger partial charge in [-0.3, -0.25) is 0 Å². The number of hydrogen-bond donors (Lipinski definition) is 1. The lowest BCUT2D eigenvalue weighted by Gasteiger charge is -2.08. The lowest BCUT2D eigenvalue weighted by atomic mass is 10.4. The van der Waals surface area contributed by atoms with Crippen LogP contribution in [0.3, 0.4) is 0 Å². The minimum atomic E-state index is 0.398. The average molecular weight is 200 g/mol. The Kier molecular flexibility index (Phi) is 3.25. The molecule has 0 amide bonds. The highest BCUT2D eigenvalue weighted by atomic mass is 32.2. The molecule has 4 nitrogen and oxygen atoms in total. The van der Waals surface area contributed by atoms with Gasteiger partial charge in [-0.15, -0.1) is 11.8 Å². The fourth-order valence-electron chi connectivity index (χ4n) is 0.933. The number of nitrogen functional groups attached to an aromatic ring is 1. The molecule has 5 heteroatoms. The summed E-state index contributed by atoms with van der Waals surface area (Å²) in [5.74, 6) is 0.938. The van der Waals surface area contributed by atoms with Crippen molar-refractivity contribution in [1.29, 1.82) is 0 Å². The van der Waals surface area contributed by atoms with Crippen LogP contribution in [0.25, 0.3) is 0 Å². The molecular formula is C8H12N2O2S. The molecule has 0 spiro atoms. The highest BCUT2D eigenvalue weighted by Gasteiger charge is 2.09. The van der Waals surface area contributed by atoms with Gasteiger partial charge in [0.25, 0.3) is 0 Å². The van der Waals surface area contributed by atoms with Gasteiger partial charge >= 0.3 is 0 Å². The van der Waals surface area contributed by atoms with E-state index in [1.54, 1.807) is 13.2 Å². The molecule has 0 saturated carbocycles. The monoisotopic (exact) mass is 200 g/mol. The van der Waals surface area contributed by atoms with Crippen molar-refractivity contribution >= 4 is 17.4 Å². The van der Waals surface area contributed by atoms with Crippen molar-refractivity contribution in [3.63, 3.8) is 0 Å². The molecule has 0 aromatic carbocycles. The Labute approximate surface area is 81.4 Å². The van der Waals surface area contributed by atoms with Crippen LogP contribution in [0.4, 0.5) is 5.69 Å². The number of pyridine rings is 1. The van der Waals surface area contributed by atoms with Gasteiger partial charge < -0.3 is 15.2 Å². The molecule has 0 atom stereocenters. The third kappa shape index (κ3) is 1.98. The molecule has 0 radical (unpaired) electrons. The van der Waals surface area contributed by atoms with E-state index >= 15 is 0 Å². The second-order valence-electron chi connectivity index (χ2n) is 2.30. The number of nitrogens with zero attached hydrogens (tertiary/aromatic N) is 1. The third-order valence-electron chi connectivity index (χ3n) is 1.55. The molecule has 2 N–H and O–H groups in total. The number of aromatic nitrogens is 1. The second kappa shape index (κ2) is 4.23. The average Bonchev–Trinajstić information content (AvgIpc) is 2.17. The van der Waals surface area contributed by atoms with E-state index in [4.69, 9.17) is 15.2 Å². The molecule has 13 heavy (non-hydrogen) atoms. The first-order valence-corrected chi connectivity index (χ1v) is 4.88. The SMILES string of the molecule is COc1nc(OC)c(SC)cc1N. The summed E-state index contributed by atoms with van der Waals surface area (Å²) in [6.45, 7) is 0. The van der Waals surface area contributed by atoms with E-state index in [1.165, 1.54) is 18.9 Å². The van der Waals surface area contributed by atoms with Crippen LogP contribution in [-0.2, 0) is 0 Å². The third-order valence-corrected chi connectivity index (χ3v) is 2.29. The highest BCUT2D eigenvalue weighted by molar-refractivity contribution is 7.98. The molecule has 1 aromatic rings. The first-order valence-electron chi connectivity index (χ1n) is 3.65. The van der Waals surface area contributed by atoms with Gasteiger partial charge in [-0.1, -0.05) is 0 Å². The Morgan fingerprint density at radius 3 is 2.38 bits per heavy atom. The molecule has 0 bridgehead atoms. The zero-order valence-corrected chi connectivity index (χ0v) is 8.64. The maximum absolute atomic E-state index is 5.67. The topological polar surface area (TPSA) is 57.4 Å². The molecular weight excluding hydrogens is 188 g/mol. The first-order chi connectivity index (χ1) is 6.22. The van der Waals surface area contributed by atoms with Gasteiger partial charge in [0.15, 0.2) is 0 Å². The largest absolute Gasteiger partial charge is 0.480 e. The van der Waals surface area contributed by atoms with Gasteiger partial charge in [-0.25, -0.2) is 0 Å². The number of thioether (sulfide) groups is 1. The molecule has 0 aliphatic heterocycles. The van der Waals surface area contributed by atoms with E-state index in [9.17, 15) is 0 Å². The number of hydrogen-bond acceptors (Lipinski definition) is 5. The maximum Gasteiger partial charge on any atom is 0.240 e. The van der Waals surface area contributed by atoms with E-state index in [0.717, 1.165) is 4.90 Å². The Hall–Kier alpha value is -1.10. The molecule has 1 aromatic heterocycles. The number of methoxy groups -OCH3 is 2. The molecule has 0 unspecified atom stereocenters. The normalized spacial score (nSPS) is 9.77. The Balaban J connectivity index is 3.18. The number of ether oxygens (including phenoxy) is 2. The smallest absolute Gasteiger partial charge is 0.240 e. The second-order valence-corrected chi connectivity index (χ2v) is 3.15. The van der Waals surface area contributed by atoms with Crippen molar-refractivity contribution in [2.75, 3.05) is 26.2 Å². The predicted molar refractivity (Wildman–Crippen MR) is 53.5 cm³/mol. The van der Waals surface area contributed by atoms with E-state index in [2.05, 4.69) is 4.98 Å². The van der Waals surface area contributed by atoms with Crippen LogP contribution in [0.1, 0.15) is 0 Å². The molecule has 1 rings (SSSR count). The summed E-state index contributed by atoms with van der Waals surface area (Å²) in [5, 5.41) is 0. The minimum Gasteiger partial charge on any atom is -0.480 e.